The third-order valence-corrected chi connectivity index (χ3v) is 12.1. The number of aromatic nitrogens is 2. The van der Waals surface area contributed by atoms with E-state index in [-0.39, 0.29) is 0 Å². The number of fused-ring (bicyclic) bond motifs is 6. The maximum absolute atomic E-state index is 6.47. The number of rotatable bonds is 7. The molecule has 9 aromatic carbocycles. The van der Waals surface area contributed by atoms with E-state index >= 15 is 0 Å². The fourth-order valence-electron chi connectivity index (χ4n) is 8.36. The van der Waals surface area contributed by atoms with E-state index in [4.69, 9.17) is 9.72 Å². The number of hydrogen-bond acceptors (Lipinski definition) is 3. The lowest BCUT2D eigenvalue weighted by atomic mass is 9.84. The van der Waals surface area contributed by atoms with Crippen molar-refractivity contribution >= 4 is 64.1 Å². The zero-order valence-corrected chi connectivity index (χ0v) is 31.2. The summed E-state index contributed by atoms with van der Waals surface area (Å²) in [5, 5.41) is 7.48. The normalized spacial score (nSPS) is 11.6. The minimum absolute atomic E-state index is 0.428. The SMILES string of the molecule is c1ccc(COc2nc3ccccc3n2-c2cccc(-c3c4ccccc4c(-c4ccc5sc6ccccc6c5c4)c4cc(-c5ccccc5)ccc34)c2)cc1. The van der Waals surface area contributed by atoms with E-state index in [1.165, 1.54) is 69.5 Å². The Morgan fingerprint density at radius 2 is 1.04 bits per heavy atom. The van der Waals surface area contributed by atoms with Crippen molar-refractivity contribution in [3.05, 3.63) is 200 Å². The predicted molar refractivity (Wildman–Crippen MR) is 236 cm³/mol. The fraction of sp³-hybridized carbons (Fsp3) is 0.0192. The van der Waals surface area contributed by atoms with Gasteiger partial charge in [-0.3, -0.25) is 4.57 Å². The summed E-state index contributed by atoms with van der Waals surface area (Å²) in [6, 6.07) is 70.3. The van der Waals surface area contributed by atoms with Crippen molar-refractivity contribution in [1.29, 1.82) is 0 Å². The van der Waals surface area contributed by atoms with E-state index in [9.17, 15) is 0 Å². The van der Waals surface area contributed by atoms with Gasteiger partial charge in [-0.05, 0) is 109 Å². The minimum Gasteiger partial charge on any atom is -0.460 e. The number of hydrogen-bond donors (Lipinski definition) is 0. The van der Waals surface area contributed by atoms with Crippen LogP contribution in [0.2, 0.25) is 0 Å². The van der Waals surface area contributed by atoms with Crippen molar-refractivity contribution in [2.75, 3.05) is 0 Å². The Kier molecular flexibility index (Phi) is 7.75. The van der Waals surface area contributed by atoms with E-state index in [2.05, 4.69) is 168 Å². The Hall–Kier alpha value is -7.01. The molecule has 0 radical (unpaired) electrons. The van der Waals surface area contributed by atoms with E-state index in [1.54, 1.807) is 0 Å². The molecule has 4 heteroatoms. The monoisotopic (exact) mass is 734 g/mol. The number of benzene rings is 9. The van der Waals surface area contributed by atoms with Gasteiger partial charge in [0.05, 0.1) is 16.7 Å². The Labute approximate surface area is 328 Å². The standard InChI is InChI=1S/C52H34N2OS/c1-3-14-34(15-4-1)33-55-52-53-46-23-10-11-24-47(46)54(52)39-19-13-18-37(30-39)50-41-21-7-8-22-42(41)51(45-31-36(26-28-43(45)50)35-16-5-2-6-17-35)38-27-29-49-44(32-38)40-20-9-12-25-48(40)56-49/h1-32H,33H2. The van der Waals surface area contributed by atoms with Crippen molar-refractivity contribution in [2.45, 2.75) is 6.61 Å². The summed E-state index contributed by atoms with van der Waals surface area (Å²) in [7, 11) is 0. The summed E-state index contributed by atoms with van der Waals surface area (Å²) in [6.07, 6.45) is 0. The molecule has 0 N–H and O–H groups in total. The van der Waals surface area contributed by atoms with Crippen LogP contribution >= 0.6 is 11.3 Å². The van der Waals surface area contributed by atoms with Gasteiger partial charge in [0.25, 0.3) is 0 Å². The zero-order valence-electron chi connectivity index (χ0n) is 30.4. The number of nitrogens with zero attached hydrogens (tertiary/aromatic N) is 2. The van der Waals surface area contributed by atoms with E-state index in [1.807, 2.05) is 41.7 Å². The van der Waals surface area contributed by atoms with E-state index in [0.29, 0.717) is 12.6 Å². The summed E-state index contributed by atoms with van der Waals surface area (Å²) in [4.78, 5) is 4.97. The first kappa shape index (κ1) is 32.4. The highest BCUT2D eigenvalue weighted by Crippen LogP contribution is 2.47. The van der Waals surface area contributed by atoms with Gasteiger partial charge in [0, 0.05) is 20.2 Å². The molecular weight excluding hydrogens is 701 g/mol. The number of imidazole rings is 1. The van der Waals surface area contributed by atoms with Gasteiger partial charge in [-0.15, -0.1) is 11.3 Å². The van der Waals surface area contributed by atoms with Crippen molar-refractivity contribution in [3.8, 4) is 45.1 Å². The Balaban J connectivity index is 1.15. The molecule has 0 aliphatic carbocycles. The van der Waals surface area contributed by atoms with Crippen LogP contribution in [0.15, 0.2) is 194 Å². The Morgan fingerprint density at radius 3 is 1.88 bits per heavy atom. The first-order valence-corrected chi connectivity index (χ1v) is 19.8. The third kappa shape index (κ3) is 5.45. The molecule has 0 bridgehead atoms. The van der Waals surface area contributed by atoms with Gasteiger partial charge in [-0.2, -0.15) is 4.98 Å². The van der Waals surface area contributed by atoms with E-state index in [0.717, 1.165) is 27.8 Å². The third-order valence-electron chi connectivity index (χ3n) is 10.9. The molecule has 0 saturated carbocycles. The molecule has 0 unspecified atom stereocenters. The van der Waals surface area contributed by atoms with Crippen LogP contribution < -0.4 is 4.74 Å². The highest BCUT2D eigenvalue weighted by Gasteiger charge is 2.20. The zero-order chi connectivity index (χ0) is 37.0. The first-order valence-electron chi connectivity index (χ1n) is 19.0. The fourth-order valence-corrected chi connectivity index (χ4v) is 9.45. The Morgan fingerprint density at radius 1 is 0.429 bits per heavy atom. The average Bonchev–Trinajstić information content (AvgIpc) is 3.83. The van der Waals surface area contributed by atoms with Crippen LogP contribution in [0.4, 0.5) is 0 Å². The van der Waals surface area contributed by atoms with Crippen molar-refractivity contribution in [1.82, 2.24) is 9.55 Å². The van der Waals surface area contributed by atoms with Crippen molar-refractivity contribution in [3.63, 3.8) is 0 Å². The van der Waals surface area contributed by atoms with Gasteiger partial charge >= 0.3 is 6.01 Å². The lowest BCUT2D eigenvalue weighted by Crippen LogP contribution is -2.03. The molecule has 0 aliphatic rings. The van der Waals surface area contributed by atoms with Crippen molar-refractivity contribution in [2.24, 2.45) is 0 Å². The molecule has 0 fully saturated rings. The maximum atomic E-state index is 6.47. The van der Waals surface area contributed by atoms with Crippen LogP contribution in [-0.2, 0) is 6.61 Å². The number of ether oxygens (including phenoxy) is 1. The molecule has 2 heterocycles. The topological polar surface area (TPSA) is 27.1 Å². The van der Waals surface area contributed by atoms with Gasteiger partial charge in [0.2, 0.25) is 0 Å². The molecule has 0 amide bonds. The van der Waals surface area contributed by atoms with Crippen LogP contribution in [0, 0.1) is 0 Å². The first-order chi connectivity index (χ1) is 27.8. The maximum Gasteiger partial charge on any atom is 0.302 e. The molecule has 0 spiro atoms. The molecule has 11 aromatic rings. The largest absolute Gasteiger partial charge is 0.460 e. The molecule has 2 aromatic heterocycles. The smallest absolute Gasteiger partial charge is 0.302 e. The van der Waals surface area contributed by atoms with Crippen LogP contribution in [0.1, 0.15) is 5.56 Å². The molecule has 264 valence electrons. The second-order valence-electron chi connectivity index (χ2n) is 14.3. The highest BCUT2D eigenvalue weighted by molar-refractivity contribution is 7.25. The average molecular weight is 735 g/mol. The molecule has 3 nitrogen and oxygen atoms in total. The molecule has 0 atom stereocenters. The lowest BCUT2D eigenvalue weighted by molar-refractivity contribution is 0.278. The summed E-state index contributed by atoms with van der Waals surface area (Å²) >= 11 is 1.86. The second kappa shape index (κ2) is 13.4. The molecule has 0 aliphatic heterocycles. The quantitative estimate of drug-likeness (QED) is 0.152. The van der Waals surface area contributed by atoms with E-state index < -0.39 is 0 Å². The summed E-state index contributed by atoms with van der Waals surface area (Å²) in [5.74, 6) is 0. The summed E-state index contributed by atoms with van der Waals surface area (Å²) < 4.78 is 11.2. The van der Waals surface area contributed by atoms with Gasteiger partial charge < -0.3 is 4.74 Å². The van der Waals surface area contributed by atoms with Crippen LogP contribution in [0.5, 0.6) is 6.01 Å². The van der Waals surface area contributed by atoms with Gasteiger partial charge in [0.15, 0.2) is 0 Å². The van der Waals surface area contributed by atoms with Gasteiger partial charge in [0.1, 0.15) is 6.61 Å². The van der Waals surface area contributed by atoms with Crippen LogP contribution in [-0.4, -0.2) is 9.55 Å². The molecule has 11 rings (SSSR count). The van der Waals surface area contributed by atoms with Crippen LogP contribution in [0.25, 0.3) is 91.8 Å². The molecular formula is C52H34N2OS. The molecule has 0 saturated heterocycles. The van der Waals surface area contributed by atoms with Gasteiger partial charge in [-0.1, -0.05) is 146 Å². The summed E-state index contributed by atoms with van der Waals surface area (Å²) in [5.41, 5.74) is 11.2. The summed E-state index contributed by atoms with van der Waals surface area (Å²) in [6.45, 7) is 0.428. The highest BCUT2D eigenvalue weighted by atomic mass is 32.1. The second-order valence-corrected chi connectivity index (χ2v) is 15.4. The minimum atomic E-state index is 0.428. The van der Waals surface area contributed by atoms with Gasteiger partial charge in [-0.25, -0.2) is 0 Å². The number of para-hydroxylation sites is 2. The number of thiophene rings is 1. The predicted octanol–water partition coefficient (Wildman–Crippen LogP) is 14.3. The Bertz CT molecular complexity index is 3250. The molecule has 56 heavy (non-hydrogen) atoms. The lowest BCUT2D eigenvalue weighted by Gasteiger charge is -2.19. The van der Waals surface area contributed by atoms with Crippen molar-refractivity contribution < 1.29 is 4.74 Å². The van der Waals surface area contributed by atoms with Crippen LogP contribution in [0.3, 0.4) is 0 Å².